The predicted octanol–water partition coefficient (Wildman–Crippen LogP) is 9.12. The van der Waals surface area contributed by atoms with Crippen LogP contribution in [0.15, 0.2) is 93.3 Å². The number of methoxy groups -OCH3 is 1. The summed E-state index contributed by atoms with van der Waals surface area (Å²) in [5, 5.41) is 17.2. The first-order chi connectivity index (χ1) is 16.2. The number of hydrogen-bond acceptors (Lipinski definition) is 6. The van der Waals surface area contributed by atoms with Crippen LogP contribution in [0.3, 0.4) is 0 Å². The smallest absolute Gasteiger partial charge is 0.119 e. The molecule has 0 aromatic heterocycles. The van der Waals surface area contributed by atoms with E-state index in [-0.39, 0.29) is 0 Å². The summed E-state index contributed by atoms with van der Waals surface area (Å²) in [6, 6.07) is 22.6. The quantitative estimate of drug-likeness (QED) is 0.261. The monoisotopic (exact) mass is 444 g/mol. The molecule has 0 amide bonds. The molecule has 0 aliphatic carbocycles. The minimum Gasteiger partial charge on any atom is -0.497 e. The zero-order valence-corrected chi connectivity index (χ0v) is 19.6. The molecule has 0 heterocycles. The van der Waals surface area contributed by atoms with E-state index < -0.39 is 0 Å². The average Bonchev–Trinajstić information content (AvgIpc) is 2.87. The lowest BCUT2D eigenvalue weighted by Crippen LogP contribution is -2.11. The fraction of sp³-hybridized carbons (Fsp3) is 0.333. The second kappa shape index (κ2) is 13.1. The lowest BCUT2D eigenvalue weighted by atomic mass is 10.0. The Morgan fingerprint density at radius 3 is 1.76 bits per heavy atom. The third-order valence-electron chi connectivity index (χ3n) is 5.33. The zero-order valence-electron chi connectivity index (χ0n) is 19.6. The first kappa shape index (κ1) is 24.1. The van der Waals surface area contributed by atoms with Gasteiger partial charge in [-0.3, -0.25) is 0 Å². The highest BCUT2D eigenvalue weighted by molar-refractivity contribution is 5.51. The van der Waals surface area contributed by atoms with Gasteiger partial charge in [-0.1, -0.05) is 39.2 Å². The summed E-state index contributed by atoms with van der Waals surface area (Å²) in [6.07, 6.45) is 4.85. The maximum absolute atomic E-state index is 5.96. The lowest BCUT2D eigenvalue weighted by Gasteiger charge is -2.15. The van der Waals surface area contributed by atoms with Gasteiger partial charge in [0.1, 0.15) is 11.5 Å². The zero-order chi connectivity index (χ0) is 23.3. The highest BCUT2D eigenvalue weighted by Crippen LogP contribution is 2.26. The maximum atomic E-state index is 5.96. The van der Waals surface area contributed by atoms with E-state index in [9.17, 15) is 0 Å². The molecule has 0 saturated heterocycles. The highest BCUT2D eigenvalue weighted by atomic mass is 16.5. The number of unbranched alkanes of at least 4 members (excludes halogenated alkanes) is 1. The molecule has 3 aromatic rings. The van der Waals surface area contributed by atoms with Crippen molar-refractivity contribution in [2.75, 3.05) is 13.7 Å². The summed E-state index contributed by atoms with van der Waals surface area (Å²) in [6.45, 7) is 5.21. The third-order valence-corrected chi connectivity index (χ3v) is 5.33. The van der Waals surface area contributed by atoms with E-state index in [1.54, 1.807) is 7.11 Å². The molecule has 0 aliphatic rings. The van der Waals surface area contributed by atoms with Crippen molar-refractivity contribution < 1.29 is 9.47 Å². The molecule has 0 N–H and O–H groups in total. The van der Waals surface area contributed by atoms with E-state index in [4.69, 9.17) is 9.47 Å². The van der Waals surface area contributed by atoms with Crippen molar-refractivity contribution in [3.05, 3.63) is 72.8 Å². The van der Waals surface area contributed by atoms with E-state index in [0.29, 0.717) is 17.3 Å². The Morgan fingerprint density at radius 1 is 0.697 bits per heavy atom. The van der Waals surface area contributed by atoms with Crippen molar-refractivity contribution >= 4 is 22.7 Å². The van der Waals surface area contributed by atoms with Crippen LogP contribution in [0, 0.1) is 5.92 Å². The van der Waals surface area contributed by atoms with Crippen molar-refractivity contribution in [1.29, 1.82) is 0 Å². The van der Waals surface area contributed by atoms with Crippen LogP contribution in [0.4, 0.5) is 22.7 Å². The van der Waals surface area contributed by atoms with Crippen LogP contribution in [0.5, 0.6) is 11.5 Å². The summed E-state index contributed by atoms with van der Waals surface area (Å²) >= 11 is 0. The van der Waals surface area contributed by atoms with Gasteiger partial charge >= 0.3 is 0 Å². The molecule has 6 heteroatoms. The van der Waals surface area contributed by atoms with Gasteiger partial charge < -0.3 is 9.47 Å². The SMILES string of the molecule is CCCCC(CC)COc1ccc(N=Nc2cccc(N=Nc3ccc(OC)cc3)c2)cc1. The molecule has 3 rings (SSSR count). The van der Waals surface area contributed by atoms with Crippen molar-refractivity contribution in [2.45, 2.75) is 39.5 Å². The van der Waals surface area contributed by atoms with Crippen molar-refractivity contribution in [3.8, 4) is 11.5 Å². The van der Waals surface area contributed by atoms with E-state index in [2.05, 4.69) is 34.3 Å². The molecule has 0 bridgehead atoms. The summed E-state index contributed by atoms with van der Waals surface area (Å²) < 4.78 is 11.1. The molecule has 0 radical (unpaired) electrons. The van der Waals surface area contributed by atoms with Gasteiger partial charge in [-0.15, -0.1) is 0 Å². The van der Waals surface area contributed by atoms with Crippen molar-refractivity contribution in [1.82, 2.24) is 0 Å². The Morgan fingerprint density at radius 2 is 1.24 bits per heavy atom. The van der Waals surface area contributed by atoms with Crippen LogP contribution < -0.4 is 9.47 Å². The normalized spacial score (nSPS) is 12.3. The molecule has 1 atom stereocenters. The Hall–Kier alpha value is -3.54. The Kier molecular flexibility index (Phi) is 9.58. The van der Waals surface area contributed by atoms with Gasteiger partial charge in [0.2, 0.25) is 0 Å². The third kappa shape index (κ3) is 8.15. The second-order valence-electron chi connectivity index (χ2n) is 7.84. The van der Waals surface area contributed by atoms with Gasteiger partial charge in [-0.05, 0) is 79.1 Å². The topological polar surface area (TPSA) is 67.9 Å². The summed E-state index contributed by atoms with van der Waals surface area (Å²) in [5.41, 5.74) is 2.94. The van der Waals surface area contributed by atoms with E-state index >= 15 is 0 Å². The molecular formula is C27H32N4O2. The Balaban J connectivity index is 1.56. The van der Waals surface area contributed by atoms with Gasteiger partial charge in [0.05, 0.1) is 36.5 Å². The summed E-state index contributed by atoms with van der Waals surface area (Å²) in [4.78, 5) is 0. The van der Waals surface area contributed by atoms with Crippen LogP contribution in [-0.2, 0) is 0 Å². The van der Waals surface area contributed by atoms with Gasteiger partial charge in [0.15, 0.2) is 0 Å². The predicted molar refractivity (Wildman–Crippen MR) is 133 cm³/mol. The van der Waals surface area contributed by atoms with Crippen molar-refractivity contribution in [2.24, 2.45) is 26.4 Å². The highest BCUT2D eigenvalue weighted by Gasteiger charge is 2.07. The van der Waals surface area contributed by atoms with Gasteiger partial charge in [0, 0.05) is 0 Å². The standard InChI is InChI=1S/C27H32N4O2/c1-4-6-8-21(5-2)20-33-27-17-13-23(14-18-27)29-31-25-10-7-9-24(19-25)30-28-22-11-15-26(32-3)16-12-22/h7,9-19,21H,4-6,8,20H2,1-3H3. The Bertz CT molecular complexity index is 1030. The minimum atomic E-state index is 0.610. The fourth-order valence-corrected chi connectivity index (χ4v) is 3.22. The number of rotatable bonds is 12. The molecule has 172 valence electrons. The lowest BCUT2D eigenvalue weighted by molar-refractivity contribution is 0.233. The number of azo groups is 2. The molecule has 33 heavy (non-hydrogen) atoms. The molecule has 0 fully saturated rings. The Labute approximate surface area is 196 Å². The maximum Gasteiger partial charge on any atom is 0.119 e. The van der Waals surface area contributed by atoms with Crippen LogP contribution in [0.2, 0.25) is 0 Å². The first-order valence-corrected chi connectivity index (χ1v) is 11.5. The summed E-state index contributed by atoms with van der Waals surface area (Å²) in [5.74, 6) is 2.26. The van der Waals surface area contributed by atoms with Crippen LogP contribution in [0.1, 0.15) is 39.5 Å². The van der Waals surface area contributed by atoms with Crippen LogP contribution >= 0.6 is 0 Å². The minimum absolute atomic E-state index is 0.610. The molecule has 0 spiro atoms. The van der Waals surface area contributed by atoms with Crippen LogP contribution in [0.25, 0.3) is 0 Å². The van der Waals surface area contributed by atoms with Gasteiger partial charge in [0.25, 0.3) is 0 Å². The molecule has 0 saturated carbocycles. The van der Waals surface area contributed by atoms with Crippen LogP contribution in [-0.4, -0.2) is 13.7 Å². The van der Waals surface area contributed by atoms with E-state index in [1.807, 2.05) is 72.8 Å². The summed E-state index contributed by atoms with van der Waals surface area (Å²) in [7, 11) is 1.63. The van der Waals surface area contributed by atoms with Gasteiger partial charge in [-0.25, -0.2) is 0 Å². The number of hydrogen-bond donors (Lipinski definition) is 0. The molecule has 3 aromatic carbocycles. The molecule has 1 unspecified atom stereocenters. The molecular weight excluding hydrogens is 412 g/mol. The molecule has 6 nitrogen and oxygen atoms in total. The number of benzene rings is 3. The fourth-order valence-electron chi connectivity index (χ4n) is 3.22. The molecule has 0 aliphatic heterocycles. The second-order valence-corrected chi connectivity index (χ2v) is 7.84. The number of ether oxygens (including phenoxy) is 2. The first-order valence-electron chi connectivity index (χ1n) is 11.5. The van der Waals surface area contributed by atoms with Crippen molar-refractivity contribution in [3.63, 3.8) is 0 Å². The van der Waals surface area contributed by atoms with Gasteiger partial charge in [-0.2, -0.15) is 20.5 Å². The number of nitrogens with zero attached hydrogens (tertiary/aromatic N) is 4. The largest absolute Gasteiger partial charge is 0.497 e. The average molecular weight is 445 g/mol. The van der Waals surface area contributed by atoms with E-state index in [0.717, 1.165) is 35.9 Å². The van der Waals surface area contributed by atoms with E-state index in [1.165, 1.54) is 19.3 Å².